The third-order valence-corrected chi connectivity index (χ3v) is 3.21. The number of aliphatic hydroxyl groups is 1. The zero-order valence-corrected chi connectivity index (χ0v) is 10.8. The van der Waals surface area contributed by atoms with Crippen molar-refractivity contribution in [1.29, 1.82) is 0 Å². The predicted octanol–water partition coefficient (Wildman–Crippen LogP) is 0.0227. The maximum absolute atomic E-state index is 8.98. The van der Waals surface area contributed by atoms with E-state index in [-0.39, 0.29) is 6.61 Å². The van der Waals surface area contributed by atoms with Crippen LogP contribution < -0.4 is 10.2 Å². The standard InChI is InChI=1S/C12H21N5O/c1-13-11-9-14-10-12(15-11)17-4-2-3-16(5-6-17)7-8-18/h9-10,18H,2-8H2,1H3,(H,13,15). The van der Waals surface area contributed by atoms with E-state index in [0.717, 1.165) is 50.8 Å². The van der Waals surface area contributed by atoms with Gasteiger partial charge in [-0.15, -0.1) is 0 Å². The molecule has 100 valence electrons. The Bertz CT molecular complexity index is 373. The van der Waals surface area contributed by atoms with E-state index < -0.39 is 0 Å². The summed E-state index contributed by atoms with van der Waals surface area (Å²) in [5.41, 5.74) is 0. The second kappa shape index (κ2) is 6.51. The van der Waals surface area contributed by atoms with Crippen LogP contribution in [-0.4, -0.2) is 66.4 Å². The van der Waals surface area contributed by atoms with Crippen LogP contribution in [0.5, 0.6) is 0 Å². The molecule has 0 bridgehead atoms. The first-order valence-electron chi connectivity index (χ1n) is 6.41. The number of hydrogen-bond acceptors (Lipinski definition) is 6. The van der Waals surface area contributed by atoms with E-state index >= 15 is 0 Å². The highest BCUT2D eigenvalue weighted by Crippen LogP contribution is 2.14. The number of aromatic nitrogens is 2. The van der Waals surface area contributed by atoms with Crippen molar-refractivity contribution in [3.05, 3.63) is 12.4 Å². The Morgan fingerprint density at radius 1 is 1.28 bits per heavy atom. The number of aliphatic hydroxyl groups excluding tert-OH is 1. The fraction of sp³-hybridized carbons (Fsp3) is 0.667. The largest absolute Gasteiger partial charge is 0.395 e. The summed E-state index contributed by atoms with van der Waals surface area (Å²) in [7, 11) is 1.85. The predicted molar refractivity (Wildman–Crippen MR) is 71.9 cm³/mol. The lowest BCUT2D eigenvalue weighted by atomic mass is 10.4. The number of hydrogen-bond donors (Lipinski definition) is 2. The molecular formula is C12H21N5O. The van der Waals surface area contributed by atoms with Crippen molar-refractivity contribution >= 4 is 11.6 Å². The zero-order chi connectivity index (χ0) is 12.8. The average Bonchev–Trinajstić information content (AvgIpc) is 2.65. The molecule has 2 N–H and O–H groups in total. The van der Waals surface area contributed by atoms with Crippen molar-refractivity contribution in [2.75, 3.05) is 56.6 Å². The smallest absolute Gasteiger partial charge is 0.149 e. The lowest BCUT2D eigenvalue weighted by molar-refractivity contribution is 0.204. The van der Waals surface area contributed by atoms with Gasteiger partial charge in [0.25, 0.3) is 0 Å². The van der Waals surface area contributed by atoms with Crippen molar-refractivity contribution in [1.82, 2.24) is 14.9 Å². The van der Waals surface area contributed by atoms with Crippen LogP contribution >= 0.6 is 0 Å². The third-order valence-electron chi connectivity index (χ3n) is 3.21. The summed E-state index contributed by atoms with van der Waals surface area (Å²) in [6.45, 7) is 4.92. The number of anilines is 2. The summed E-state index contributed by atoms with van der Waals surface area (Å²) in [4.78, 5) is 13.3. The van der Waals surface area contributed by atoms with Gasteiger partial charge in [0.05, 0.1) is 19.0 Å². The molecule has 6 nitrogen and oxygen atoms in total. The van der Waals surface area contributed by atoms with E-state index in [1.165, 1.54) is 0 Å². The molecule has 1 aromatic heterocycles. The molecule has 1 aromatic rings. The van der Waals surface area contributed by atoms with Crippen molar-refractivity contribution < 1.29 is 5.11 Å². The highest BCUT2D eigenvalue weighted by molar-refractivity contribution is 5.43. The lowest BCUT2D eigenvalue weighted by Gasteiger charge is -2.22. The van der Waals surface area contributed by atoms with Gasteiger partial charge >= 0.3 is 0 Å². The van der Waals surface area contributed by atoms with Crippen molar-refractivity contribution in [3.8, 4) is 0 Å². The van der Waals surface area contributed by atoms with Gasteiger partial charge in [0, 0.05) is 33.2 Å². The van der Waals surface area contributed by atoms with Crippen LogP contribution in [0.15, 0.2) is 12.4 Å². The Balaban J connectivity index is 2.00. The number of β-amino-alcohol motifs (C(OH)–C–C–N with tert-alkyl or cyclic N) is 1. The molecule has 6 heteroatoms. The second-order valence-corrected chi connectivity index (χ2v) is 4.42. The Labute approximate surface area is 108 Å². The first kappa shape index (κ1) is 13.0. The number of rotatable bonds is 4. The van der Waals surface area contributed by atoms with Crippen LogP contribution in [0.3, 0.4) is 0 Å². The van der Waals surface area contributed by atoms with E-state index in [0.29, 0.717) is 0 Å². The van der Waals surface area contributed by atoms with Gasteiger partial charge in [-0.2, -0.15) is 0 Å². The highest BCUT2D eigenvalue weighted by Gasteiger charge is 2.15. The van der Waals surface area contributed by atoms with Gasteiger partial charge in [-0.1, -0.05) is 0 Å². The van der Waals surface area contributed by atoms with Gasteiger partial charge in [0.2, 0.25) is 0 Å². The minimum absolute atomic E-state index is 0.231. The lowest BCUT2D eigenvalue weighted by Crippen LogP contribution is -2.32. The Hall–Kier alpha value is -1.40. The molecule has 0 atom stereocenters. The van der Waals surface area contributed by atoms with E-state index in [1.54, 1.807) is 6.20 Å². The molecule has 1 fully saturated rings. The monoisotopic (exact) mass is 251 g/mol. The van der Waals surface area contributed by atoms with Crippen molar-refractivity contribution in [2.45, 2.75) is 6.42 Å². The van der Waals surface area contributed by atoms with Crippen LogP contribution in [0.1, 0.15) is 6.42 Å². The van der Waals surface area contributed by atoms with E-state index in [1.807, 2.05) is 13.2 Å². The fourth-order valence-electron chi connectivity index (χ4n) is 2.19. The first-order valence-corrected chi connectivity index (χ1v) is 6.41. The molecule has 2 heterocycles. The quantitative estimate of drug-likeness (QED) is 0.787. The molecule has 0 spiro atoms. The Kier molecular flexibility index (Phi) is 4.72. The molecule has 1 aliphatic heterocycles. The SMILES string of the molecule is CNc1cncc(N2CCCN(CCO)CC2)n1. The first-order chi connectivity index (χ1) is 8.83. The molecule has 18 heavy (non-hydrogen) atoms. The van der Waals surface area contributed by atoms with Gasteiger partial charge in [-0.05, 0) is 13.0 Å². The summed E-state index contributed by atoms with van der Waals surface area (Å²) in [6.07, 6.45) is 4.62. The van der Waals surface area contributed by atoms with Crippen LogP contribution in [0, 0.1) is 0 Å². The highest BCUT2D eigenvalue weighted by atomic mass is 16.3. The molecular weight excluding hydrogens is 230 g/mol. The van der Waals surface area contributed by atoms with Crippen molar-refractivity contribution in [2.24, 2.45) is 0 Å². The summed E-state index contributed by atoms with van der Waals surface area (Å²) in [6, 6.07) is 0. The van der Waals surface area contributed by atoms with Gasteiger partial charge in [-0.25, -0.2) is 4.98 Å². The zero-order valence-electron chi connectivity index (χ0n) is 10.8. The molecule has 0 aliphatic carbocycles. The number of nitrogens with zero attached hydrogens (tertiary/aromatic N) is 4. The maximum atomic E-state index is 8.98. The summed E-state index contributed by atoms with van der Waals surface area (Å²) < 4.78 is 0. The van der Waals surface area contributed by atoms with Gasteiger partial charge < -0.3 is 15.3 Å². The molecule has 0 amide bonds. The summed E-state index contributed by atoms with van der Waals surface area (Å²) in [5, 5.41) is 12.0. The maximum Gasteiger partial charge on any atom is 0.149 e. The van der Waals surface area contributed by atoms with E-state index in [9.17, 15) is 0 Å². The van der Waals surface area contributed by atoms with Gasteiger partial charge in [0.15, 0.2) is 0 Å². The molecule has 0 saturated carbocycles. The second-order valence-electron chi connectivity index (χ2n) is 4.42. The van der Waals surface area contributed by atoms with E-state index in [4.69, 9.17) is 5.11 Å². The average molecular weight is 251 g/mol. The van der Waals surface area contributed by atoms with Crippen molar-refractivity contribution in [3.63, 3.8) is 0 Å². The molecule has 0 radical (unpaired) electrons. The number of nitrogens with one attached hydrogen (secondary N) is 1. The normalized spacial score (nSPS) is 17.6. The molecule has 0 unspecified atom stereocenters. The molecule has 1 saturated heterocycles. The summed E-state index contributed by atoms with van der Waals surface area (Å²) in [5.74, 6) is 1.72. The topological polar surface area (TPSA) is 64.5 Å². The molecule has 0 aromatic carbocycles. The van der Waals surface area contributed by atoms with Gasteiger partial charge in [0.1, 0.15) is 11.6 Å². The minimum Gasteiger partial charge on any atom is -0.395 e. The summed E-state index contributed by atoms with van der Waals surface area (Å²) >= 11 is 0. The van der Waals surface area contributed by atoms with Crippen LogP contribution in [0.2, 0.25) is 0 Å². The molecule has 1 aliphatic rings. The Morgan fingerprint density at radius 2 is 2.17 bits per heavy atom. The van der Waals surface area contributed by atoms with Crippen LogP contribution in [0.25, 0.3) is 0 Å². The van der Waals surface area contributed by atoms with Crippen LogP contribution in [0.4, 0.5) is 11.6 Å². The third kappa shape index (κ3) is 3.30. The van der Waals surface area contributed by atoms with E-state index in [2.05, 4.69) is 25.1 Å². The molecule has 2 rings (SSSR count). The fourth-order valence-corrected chi connectivity index (χ4v) is 2.19. The van der Waals surface area contributed by atoms with Crippen LogP contribution in [-0.2, 0) is 0 Å². The Morgan fingerprint density at radius 3 is 2.94 bits per heavy atom. The minimum atomic E-state index is 0.231. The van der Waals surface area contributed by atoms with Gasteiger partial charge in [-0.3, -0.25) is 9.88 Å².